The second-order valence-electron chi connectivity index (χ2n) is 4.79. The van der Waals surface area contributed by atoms with Crippen molar-refractivity contribution in [2.75, 3.05) is 5.32 Å². The summed E-state index contributed by atoms with van der Waals surface area (Å²) in [7, 11) is 0. The van der Waals surface area contributed by atoms with Crippen LogP contribution >= 0.6 is 39.1 Å². The van der Waals surface area contributed by atoms with Gasteiger partial charge in [-0.1, -0.05) is 45.2 Å². The molecule has 2 aromatic carbocycles. The molecule has 0 heterocycles. The Morgan fingerprint density at radius 3 is 2.64 bits per heavy atom. The fourth-order valence-electron chi connectivity index (χ4n) is 1.88. The van der Waals surface area contributed by atoms with Gasteiger partial charge >= 0.3 is 0 Å². The van der Waals surface area contributed by atoms with E-state index in [2.05, 4.69) is 21.2 Å². The minimum absolute atomic E-state index is 0.277. The highest BCUT2D eigenvalue weighted by molar-refractivity contribution is 9.10. The molecule has 0 aliphatic rings. The van der Waals surface area contributed by atoms with E-state index in [9.17, 15) is 4.79 Å². The molecule has 0 saturated carbocycles. The van der Waals surface area contributed by atoms with Crippen LogP contribution in [0.4, 0.5) is 5.69 Å². The van der Waals surface area contributed by atoms with Crippen molar-refractivity contribution in [3.63, 3.8) is 0 Å². The number of amides is 1. The fraction of sp³-hybridized carbons (Fsp3) is 0.188. The maximum Gasteiger partial charge on any atom is 0.265 e. The van der Waals surface area contributed by atoms with Crippen molar-refractivity contribution >= 4 is 50.7 Å². The molecule has 0 aliphatic carbocycles. The topological polar surface area (TPSA) is 38.3 Å². The summed E-state index contributed by atoms with van der Waals surface area (Å²) >= 11 is 15.4. The summed E-state index contributed by atoms with van der Waals surface area (Å²) in [5.41, 5.74) is 1.47. The fourth-order valence-corrected chi connectivity index (χ4v) is 3.08. The first-order chi connectivity index (χ1) is 10.4. The third-order valence-electron chi connectivity index (χ3n) is 2.95. The molecule has 0 radical (unpaired) electrons. The minimum Gasteiger partial charge on any atom is -0.479 e. The van der Waals surface area contributed by atoms with Crippen molar-refractivity contribution in [2.24, 2.45) is 0 Å². The minimum atomic E-state index is -0.698. The first-order valence-corrected chi connectivity index (χ1v) is 8.10. The first-order valence-electron chi connectivity index (χ1n) is 6.55. The summed E-state index contributed by atoms with van der Waals surface area (Å²) in [4.78, 5) is 12.2. The smallest absolute Gasteiger partial charge is 0.265 e. The molecule has 1 atom stereocenters. The van der Waals surface area contributed by atoms with Crippen molar-refractivity contribution in [3.05, 3.63) is 56.5 Å². The van der Waals surface area contributed by atoms with Crippen LogP contribution in [0, 0.1) is 6.92 Å². The van der Waals surface area contributed by atoms with E-state index >= 15 is 0 Å². The van der Waals surface area contributed by atoms with Gasteiger partial charge in [-0.05, 0) is 49.7 Å². The van der Waals surface area contributed by atoms with Gasteiger partial charge in [0.1, 0.15) is 5.75 Å². The zero-order chi connectivity index (χ0) is 16.3. The Labute approximate surface area is 147 Å². The van der Waals surface area contributed by atoms with E-state index in [1.165, 1.54) is 0 Å². The van der Waals surface area contributed by atoms with E-state index in [1.807, 2.05) is 13.0 Å². The molecule has 0 bridgehead atoms. The molecule has 22 heavy (non-hydrogen) atoms. The Morgan fingerprint density at radius 2 is 2.00 bits per heavy atom. The van der Waals surface area contributed by atoms with E-state index in [-0.39, 0.29) is 5.91 Å². The number of rotatable bonds is 4. The molecule has 0 aliphatic heterocycles. The second kappa shape index (κ2) is 7.36. The number of nitrogens with one attached hydrogen (secondary N) is 1. The molecular formula is C16H14BrCl2NO2. The van der Waals surface area contributed by atoms with Crippen LogP contribution in [0.15, 0.2) is 40.9 Å². The Morgan fingerprint density at radius 1 is 1.27 bits per heavy atom. The number of carbonyl (C=O) groups excluding carboxylic acids is 1. The molecule has 2 rings (SSSR count). The molecule has 0 aromatic heterocycles. The van der Waals surface area contributed by atoms with Crippen LogP contribution in [0.1, 0.15) is 12.5 Å². The van der Waals surface area contributed by atoms with Gasteiger partial charge < -0.3 is 10.1 Å². The summed E-state index contributed by atoms with van der Waals surface area (Å²) in [6, 6.07) is 10.5. The van der Waals surface area contributed by atoms with E-state index in [1.54, 1.807) is 37.3 Å². The van der Waals surface area contributed by atoms with Gasteiger partial charge in [0.2, 0.25) is 0 Å². The van der Waals surface area contributed by atoms with Gasteiger partial charge in [0, 0.05) is 15.2 Å². The van der Waals surface area contributed by atoms with E-state index < -0.39 is 6.10 Å². The standard InChI is InChI=1S/C16H14BrCl2NO2/c1-9-6-11(17)7-14(19)15(9)22-10(2)16(21)20-13-5-3-4-12(18)8-13/h3-8,10H,1-2H3,(H,20,21)/t10-/m0/s1. The molecule has 116 valence electrons. The predicted octanol–water partition coefficient (Wildman–Crippen LogP) is 5.47. The van der Waals surface area contributed by atoms with Crippen LogP contribution in [-0.2, 0) is 4.79 Å². The van der Waals surface area contributed by atoms with E-state index in [0.29, 0.717) is 21.5 Å². The van der Waals surface area contributed by atoms with Crippen molar-refractivity contribution in [1.29, 1.82) is 0 Å². The maximum absolute atomic E-state index is 12.2. The lowest BCUT2D eigenvalue weighted by atomic mass is 10.2. The van der Waals surface area contributed by atoms with E-state index in [0.717, 1.165) is 10.0 Å². The lowest BCUT2D eigenvalue weighted by Gasteiger charge is -2.17. The maximum atomic E-state index is 12.2. The van der Waals surface area contributed by atoms with Crippen molar-refractivity contribution in [2.45, 2.75) is 20.0 Å². The first kappa shape index (κ1) is 17.1. The van der Waals surface area contributed by atoms with Crippen molar-refractivity contribution in [1.82, 2.24) is 0 Å². The molecule has 2 aromatic rings. The lowest BCUT2D eigenvalue weighted by Crippen LogP contribution is -2.30. The van der Waals surface area contributed by atoms with Crippen molar-refractivity contribution in [3.8, 4) is 5.75 Å². The quantitative estimate of drug-likeness (QED) is 0.736. The zero-order valence-electron chi connectivity index (χ0n) is 12.0. The molecule has 3 nitrogen and oxygen atoms in total. The van der Waals surface area contributed by atoms with Gasteiger partial charge in [0.25, 0.3) is 5.91 Å². The summed E-state index contributed by atoms with van der Waals surface area (Å²) in [6.07, 6.45) is -0.698. The zero-order valence-corrected chi connectivity index (χ0v) is 15.1. The lowest BCUT2D eigenvalue weighted by molar-refractivity contribution is -0.122. The highest BCUT2D eigenvalue weighted by Gasteiger charge is 2.18. The highest BCUT2D eigenvalue weighted by atomic mass is 79.9. The molecule has 0 fully saturated rings. The number of benzene rings is 2. The molecule has 0 spiro atoms. The van der Waals surface area contributed by atoms with Crippen LogP contribution in [0.2, 0.25) is 10.0 Å². The number of carbonyl (C=O) groups is 1. The molecular weight excluding hydrogens is 389 g/mol. The van der Waals surface area contributed by atoms with Gasteiger partial charge in [0.05, 0.1) is 5.02 Å². The third-order valence-corrected chi connectivity index (χ3v) is 3.92. The summed E-state index contributed by atoms with van der Waals surface area (Å²) < 4.78 is 6.56. The normalized spacial score (nSPS) is 11.9. The number of halogens is 3. The molecule has 0 saturated heterocycles. The van der Waals surface area contributed by atoms with Gasteiger partial charge in [0.15, 0.2) is 6.10 Å². The number of hydrogen-bond acceptors (Lipinski definition) is 2. The largest absolute Gasteiger partial charge is 0.479 e. The monoisotopic (exact) mass is 401 g/mol. The Kier molecular flexibility index (Phi) is 5.73. The van der Waals surface area contributed by atoms with Crippen molar-refractivity contribution < 1.29 is 9.53 Å². The third kappa shape index (κ3) is 4.38. The van der Waals surface area contributed by atoms with Gasteiger partial charge in [-0.3, -0.25) is 4.79 Å². The Hall–Kier alpha value is -1.23. The Balaban J connectivity index is 2.09. The van der Waals surface area contributed by atoms with Crippen LogP contribution < -0.4 is 10.1 Å². The summed E-state index contributed by atoms with van der Waals surface area (Å²) in [5.74, 6) is 0.222. The number of anilines is 1. The van der Waals surface area contributed by atoms with Crippen LogP contribution in [0.3, 0.4) is 0 Å². The average Bonchev–Trinajstić information content (AvgIpc) is 2.42. The second-order valence-corrected chi connectivity index (χ2v) is 6.55. The molecule has 0 unspecified atom stereocenters. The van der Waals surface area contributed by atoms with Gasteiger partial charge in [-0.2, -0.15) is 0 Å². The van der Waals surface area contributed by atoms with Gasteiger partial charge in [-0.25, -0.2) is 0 Å². The molecule has 1 N–H and O–H groups in total. The Bertz CT molecular complexity index is 683. The van der Waals surface area contributed by atoms with Crippen LogP contribution in [0.25, 0.3) is 0 Å². The van der Waals surface area contributed by atoms with Gasteiger partial charge in [-0.15, -0.1) is 0 Å². The SMILES string of the molecule is Cc1cc(Br)cc(Cl)c1O[C@@H](C)C(=O)Nc1cccc(Cl)c1. The average molecular weight is 403 g/mol. The molecule has 6 heteroatoms. The van der Waals surface area contributed by atoms with Crippen LogP contribution in [-0.4, -0.2) is 12.0 Å². The number of ether oxygens (including phenoxy) is 1. The molecule has 1 amide bonds. The van der Waals surface area contributed by atoms with Crippen LogP contribution in [0.5, 0.6) is 5.75 Å². The summed E-state index contributed by atoms with van der Waals surface area (Å²) in [6.45, 7) is 3.53. The number of hydrogen-bond donors (Lipinski definition) is 1. The predicted molar refractivity (Wildman–Crippen MR) is 94.1 cm³/mol. The summed E-state index contributed by atoms with van der Waals surface area (Å²) in [5, 5.41) is 3.76. The van der Waals surface area contributed by atoms with E-state index in [4.69, 9.17) is 27.9 Å². The number of aryl methyl sites for hydroxylation is 1. The highest BCUT2D eigenvalue weighted by Crippen LogP contribution is 2.32.